The summed E-state index contributed by atoms with van der Waals surface area (Å²) < 4.78 is 0. The predicted octanol–water partition coefficient (Wildman–Crippen LogP) is 4.24. The molecular weight excluding hydrogens is 348 g/mol. The molecule has 0 heterocycles. The molecule has 0 saturated carbocycles. The van der Waals surface area contributed by atoms with Crippen molar-refractivity contribution in [3.8, 4) is 0 Å². The fourth-order valence-corrected chi connectivity index (χ4v) is 3.67. The summed E-state index contributed by atoms with van der Waals surface area (Å²) >= 11 is 0. The van der Waals surface area contributed by atoms with Crippen LogP contribution in [-0.2, 0) is 0 Å². The second kappa shape index (κ2) is 5.81. The lowest BCUT2D eigenvalue weighted by Gasteiger charge is -2.15. The SMILES string of the molecule is O=C(O)c1cc2c3ccccc3c3ccccc3c2c(C(=O)O)c1C(=O)O. The molecule has 0 aliphatic carbocycles. The topological polar surface area (TPSA) is 112 Å². The van der Waals surface area contributed by atoms with Gasteiger partial charge in [0.15, 0.2) is 0 Å². The lowest BCUT2D eigenvalue weighted by Crippen LogP contribution is -2.15. The summed E-state index contributed by atoms with van der Waals surface area (Å²) in [6.45, 7) is 0. The second-order valence-corrected chi connectivity index (χ2v) is 6.10. The van der Waals surface area contributed by atoms with Crippen LogP contribution < -0.4 is 0 Å². The molecule has 0 radical (unpaired) electrons. The van der Waals surface area contributed by atoms with E-state index in [1.807, 2.05) is 24.3 Å². The van der Waals surface area contributed by atoms with Crippen molar-refractivity contribution in [2.75, 3.05) is 0 Å². The Bertz CT molecular complexity index is 1300. The predicted molar refractivity (Wildman–Crippen MR) is 99.8 cm³/mol. The molecule has 4 aromatic carbocycles. The highest BCUT2D eigenvalue weighted by Gasteiger charge is 2.28. The average molecular weight is 360 g/mol. The summed E-state index contributed by atoms with van der Waals surface area (Å²) in [5.41, 5.74) is -1.78. The van der Waals surface area contributed by atoms with E-state index in [-0.39, 0.29) is 5.39 Å². The summed E-state index contributed by atoms with van der Waals surface area (Å²) in [7, 11) is 0. The van der Waals surface area contributed by atoms with E-state index < -0.39 is 34.6 Å². The Morgan fingerprint density at radius 1 is 0.556 bits per heavy atom. The first kappa shape index (κ1) is 16.5. The van der Waals surface area contributed by atoms with Gasteiger partial charge in [-0.15, -0.1) is 0 Å². The Morgan fingerprint density at radius 2 is 1.00 bits per heavy atom. The molecule has 4 rings (SSSR count). The first-order valence-electron chi connectivity index (χ1n) is 8.02. The van der Waals surface area contributed by atoms with Crippen LogP contribution in [0.25, 0.3) is 32.3 Å². The number of benzene rings is 4. The number of hydrogen-bond acceptors (Lipinski definition) is 3. The van der Waals surface area contributed by atoms with Gasteiger partial charge in [0.05, 0.1) is 16.7 Å². The Hall–Kier alpha value is -3.93. The van der Waals surface area contributed by atoms with Crippen molar-refractivity contribution in [1.82, 2.24) is 0 Å². The summed E-state index contributed by atoms with van der Waals surface area (Å²) in [5, 5.41) is 32.3. The van der Waals surface area contributed by atoms with E-state index in [0.29, 0.717) is 16.2 Å². The van der Waals surface area contributed by atoms with Gasteiger partial charge in [0.25, 0.3) is 0 Å². The van der Waals surface area contributed by atoms with Crippen molar-refractivity contribution in [3.05, 3.63) is 71.3 Å². The van der Waals surface area contributed by atoms with E-state index in [0.717, 1.165) is 10.8 Å². The smallest absolute Gasteiger partial charge is 0.337 e. The van der Waals surface area contributed by atoms with Crippen LogP contribution in [-0.4, -0.2) is 33.2 Å². The first-order chi connectivity index (χ1) is 12.9. The minimum Gasteiger partial charge on any atom is -0.478 e. The third kappa shape index (κ3) is 2.31. The molecule has 0 saturated heterocycles. The van der Waals surface area contributed by atoms with Gasteiger partial charge in [-0.05, 0) is 33.0 Å². The highest BCUT2D eigenvalue weighted by molar-refractivity contribution is 6.31. The molecule has 0 atom stereocenters. The van der Waals surface area contributed by atoms with Crippen LogP contribution in [0.5, 0.6) is 0 Å². The normalized spacial score (nSPS) is 11.1. The van der Waals surface area contributed by atoms with Crippen molar-refractivity contribution < 1.29 is 29.7 Å². The molecule has 3 N–H and O–H groups in total. The maximum Gasteiger partial charge on any atom is 0.337 e. The van der Waals surface area contributed by atoms with Gasteiger partial charge in [0.2, 0.25) is 0 Å². The fraction of sp³-hybridized carbons (Fsp3) is 0. The average Bonchev–Trinajstić information content (AvgIpc) is 2.66. The number of rotatable bonds is 3. The van der Waals surface area contributed by atoms with Gasteiger partial charge < -0.3 is 15.3 Å². The molecule has 0 amide bonds. The van der Waals surface area contributed by atoms with E-state index in [1.54, 1.807) is 24.3 Å². The van der Waals surface area contributed by atoms with Crippen LogP contribution >= 0.6 is 0 Å². The standard InChI is InChI=1S/C21H12O6/c22-19(23)15-9-14-12-7-2-1-5-10(12)11-6-3-4-8-13(11)16(14)18(21(26)27)17(15)20(24)25/h1-9H,(H,22,23)(H,24,25)(H,26,27). The van der Waals surface area contributed by atoms with Crippen LogP contribution in [0.4, 0.5) is 0 Å². The Labute approximate surface area is 151 Å². The Morgan fingerprint density at radius 3 is 1.48 bits per heavy atom. The summed E-state index contributed by atoms with van der Waals surface area (Å²) in [6.07, 6.45) is 0. The molecule has 0 unspecified atom stereocenters. The highest BCUT2D eigenvalue weighted by atomic mass is 16.4. The van der Waals surface area contributed by atoms with Gasteiger partial charge in [-0.3, -0.25) is 0 Å². The largest absolute Gasteiger partial charge is 0.478 e. The summed E-state index contributed by atoms with van der Waals surface area (Å²) in [6, 6.07) is 15.6. The van der Waals surface area contributed by atoms with Crippen LogP contribution in [0, 0.1) is 0 Å². The first-order valence-corrected chi connectivity index (χ1v) is 8.02. The van der Waals surface area contributed by atoms with Gasteiger partial charge in [0.1, 0.15) is 0 Å². The number of fused-ring (bicyclic) bond motifs is 6. The van der Waals surface area contributed by atoms with Gasteiger partial charge in [0, 0.05) is 5.39 Å². The van der Waals surface area contributed by atoms with E-state index in [1.165, 1.54) is 6.07 Å². The minimum atomic E-state index is -1.59. The summed E-state index contributed by atoms with van der Waals surface area (Å²) in [4.78, 5) is 35.5. The molecule has 0 fully saturated rings. The molecule has 0 spiro atoms. The molecule has 6 nitrogen and oxygen atoms in total. The summed E-state index contributed by atoms with van der Waals surface area (Å²) in [5.74, 6) is -4.57. The van der Waals surface area contributed by atoms with Crippen molar-refractivity contribution >= 4 is 50.2 Å². The fourth-order valence-electron chi connectivity index (χ4n) is 3.67. The molecule has 27 heavy (non-hydrogen) atoms. The minimum absolute atomic E-state index is 0.221. The van der Waals surface area contributed by atoms with Crippen molar-refractivity contribution in [2.24, 2.45) is 0 Å². The van der Waals surface area contributed by atoms with Crippen molar-refractivity contribution in [3.63, 3.8) is 0 Å². The zero-order valence-electron chi connectivity index (χ0n) is 13.8. The third-order valence-electron chi connectivity index (χ3n) is 4.69. The maximum atomic E-state index is 12.0. The number of aromatic carboxylic acids is 3. The molecule has 0 bridgehead atoms. The van der Waals surface area contributed by atoms with E-state index in [4.69, 9.17) is 0 Å². The van der Waals surface area contributed by atoms with Crippen LogP contribution in [0.2, 0.25) is 0 Å². The van der Waals surface area contributed by atoms with Crippen molar-refractivity contribution in [2.45, 2.75) is 0 Å². The molecule has 0 aliphatic rings. The Kier molecular flexibility index (Phi) is 3.56. The van der Waals surface area contributed by atoms with Crippen LogP contribution in [0.3, 0.4) is 0 Å². The lowest BCUT2D eigenvalue weighted by atomic mass is 9.87. The van der Waals surface area contributed by atoms with Gasteiger partial charge in [-0.2, -0.15) is 0 Å². The van der Waals surface area contributed by atoms with Gasteiger partial charge in [-0.1, -0.05) is 48.5 Å². The van der Waals surface area contributed by atoms with Gasteiger partial charge in [-0.25, -0.2) is 14.4 Å². The molecule has 0 aromatic heterocycles. The third-order valence-corrected chi connectivity index (χ3v) is 4.69. The Balaban J connectivity index is 2.45. The van der Waals surface area contributed by atoms with Gasteiger partial charge >= 0.3 is 17.9 Å². The van der Waals surface area contributed by atoms with Crippen molar-refractivity contribution in [1.29, 1.82) is 0 Å². The van der Waals surface area contributed by atoms with E-state index in [2.05, 4.69) is 0 Å². The van der Waals surface area contributed by atoms with Crippen LogP contribution in [0.15, 0.2) is 54.6 Å². The molecule has 4 aromatic rings. The molecule has 132 valence electrons. The number of carboxylic acids is 3. The number of carbonyl (C=O) groups is 3. The highest BCUT2D eigenvalue weighted by Crippen LogP contribution is 2.39. The zero-order chi connectivity index (χ0) is 19.3. The second-order valence-electron chi connectivity index (χ2n) is 6.10. The number of carboxylic acid groups (broad SMARTS) is 3. The maximum absolute atomic E-state index is 12.0. The van der Waals surface area contributed by atoms with E-state index in [9.17, 15) is 29.7 Å². The quantitative estimate of drug-likeness (QED) is 0.471. The molecule has 6 heteroatoms. The number of hydrogen-bond donors (Lipinski definition) is 3. The monoisotopic (exact) mass is 360 g/mol. The van der Waals surface area contributed by atoms with E-state index >= 15 is 0 Å². The molecular formula is C21H12O6. The molecule has 0 aliphatic heterocycles. The zero-order valence-corrected chi connectivity index (χ0v) is 13.8. The lowest BCUT2D eigenvalue weighted by molar-refractivity contribution is 0.0634. The van der Waals surface area contributed by atoms with Crippen LogP contribution in [0.1, 0.15) is 31.1 Å².